The average molecular weight is 328 g/mol. The van der Waals surface area contributed by atoms with Crippen LogP contribution in [-0.4, -0.2) is 45.5 Å². The molecule has 130 valence electrons. The molecule has 1 spiro atoms. The molecule has 2 aromatic rings. The number of likely N-dealkylation sites (N-methyl/N-ethyl adjacent to an activating group) is 1. The van der Waals surface area contributed by atoms with E-state index >= 15 is 0 Å². The smallest absolute Gasteiger partial charge is 0.129 e. The Bertz CT molecular complexity index is 709. The lowest BCUT2D eigenvalue weighted by Crippen LogP contribution is -2.57. The zero-order chi connectivity index (χ0) is 16.7. The second-order valence-corrected chi connectivity index (χ2v) is 7.27. The molecule has 0 radical (unpaired) electrons. The predicted octanol–water partition coefficient (Wildman–Crippen LogP) is 2.92. The summed E-state index contributed by atoms with van der Waals surface area (Å²) >= 11 is 0. The number of piperidine rings is 1. The summed E-state index contributed by atoms with van der Waals surface area (Å²) in [6, 6.07) is 4.16. The van der Waals surface area contributed by atoms with Crippen LogP contribution in [0.1, 0.15) is 42.8 Å². The molecule has 4 rings (SSSR count). The summed E-state index contributed by atoms with van der Waals surface area (Å²) in [5.41, 5.74) is 1.42. The van der Waals surface area contributed by atoms with E-state index in [-0.39, 0.29) is 5.54 Å². The number of hydrogen-bond donors (Lipinski definition) is 0. The zero-order valence-corrected chi connectivity index (χ0v) is 15.1. The van der Waals surface area contributed by atoms with Crippen molar-refractivity contribution in [3.05, 3.63) is 41.4 Å². The molecule has 0 aliphatic carbocycles. The fourth-order valence-corrected chi connectivity index (χ4v) is 4.56. The maximum Gasteiger partial charge on any atom is 0.129 e. The summed E-state index contributed by atoms with van der Waals surface area (Å²) < 4.78 is 8.20. The standard InChI is InChI=1S/C19H28N4O/c1-4-22-11-12-23-15(2)13-20-18(23)19(22)7-9-21(10-8-19)14-17-6-5-16(3)24-17/h5-6,13H,4,7-12,14H2,1-3H3. The van der Waals surface area contributed by atoms with Crippen LogP contribution in [0.3, 0.4) is 0 Å². The molecule has 2 aliphatic heterocycles. The Labute approximate surface area is 144 Å². The molecule has 0 N–H and O–H groups in total. The normalized spacial score (nSPS) is 21.3. The van der Waals surface area contributed by atoms with E-state index in [1.165, 1.54) is 11.5 Å². The van der Waals surface area contributed by atoms with E-state index in [2.05, 4.69) is 40.3 Å². The van der Waals surface area contributed by atoms with Gasteiger partial charge in [0, 0.05) is 38.1 Å². The highest BCUT2D eigenvalue weighted by Gasteiger charge is 2.46. The molecule has 0 unspecified atom stereocenters. The van der Waals surface area contributed by atoms with Crippen molar-refractivity contribution < 1.29 is 4.42 Å². The molecular formula is C19H28N4O. The fourth-order valence-electron chi connectivity index (χ4n) is 4.56. The van der Waals surface area contributed by atoms with E-state index in [0.29, 0.717) is 0 Å². The summed E-state index contributed by atoms with van der Waals surface area (Å²) in [7, 11) is 0. The Morgan fingerprint density at radius 2 is 1.92 bits per heavy atom. The molecule has 0 saturated carbocycles. The molecular weight excluding hydrogens is 300 g/mol. The molecule has 1 saturated heterocycles. The Kier molecular flexibility index (Phi) is 4.01. The number of hydrogen-bond acceptors (Lipinski definition) is 4. The van der Waals surface area contributed by atoms with E-state index in [4.69, 9.17) is 9.40 Å². The third-order valence-corrected chi connectivity index (χ3v) is 5.91. The summed E-state index contributed by atoms with van der Waals surface area (Å²) in [6.07, 6.45) is 4.35. The lowest BCUT2D eigenvalue weighted by Gasteiger charge is -2.50. The van der Waals surface area contributed by atoms with Gasteiger partial charge in [0.15, 0.2) is 0 Å². The molecule has 2 aliphatic rings. The summed E-state index contributed by atoms with van der Waals surface area (Å²) in [5, 5.41) is 0. The van der Waals surface area contributed by atoms with Gasteiger partial charge in [0.1, 0.15) is 17.3 Å². The maximum absolute atomic E-state index is 5.76. The Balaban J connectivity index is 1.53. The van der Waals surface area contributed by atoms with Crippen molar-refractivity contribution in [2.24, 2.45) is 0 Å². The van der Waals surface area contributed by atoms with Gasteiger partial charge < -0.3 is 8.98 Å². The topological polar surface area (TPSA) is 37.4 Å². The SMILES string of the molecule is CCN1CCn2c(C)cnc2C12CCN(Cc1ccc(C)o1)CC2. The number of fused-ring (bicyclic) bond motifs is 2. The second kappa shape index (κ2) is 6.05. The molecule has 24 heavy (non-hydrogen) atoms. The number of furan rings is 1. The lowest BCUT2D eigenvalue weighted by molar-refractivity contribution is -0.00962. The molecule has 0 bridgehead atoms. The number of imidazole rings is 1. The molecule has 1 fully saturated rings. The van der Waals surface area contributed by atoms with Gasteiger partial charge in [0.2, 0.25) is 0 Å². The number of aryl methyl sites for hydroxylation is 2. The Morgan fingerprint density at radius 1 is 1.12 bits per heavy atom. The molecule has 0 aromatic carbocycles. The third kappa shape index (κ3) is 2.50. The highest BCUT2D eigenvalue weighted by Crippen LogP contribution is 2.41. The van der Waals surface area contributed by atoms with Crippen LogP contribution in [0.25, 0.3) is 0 Å². The number of nitrogens with zero attached hydrogens (tertiary/aromatic N) is 4. The molecule has 4 heterocycles. The van der Waals surface area contributed by atoms with Crippen LogP contribution in [0.15, 0.2) is 22.7 Å². The van der Waals surface area contributed by atoms with Gasteiger partial charge in [-0.1, -0.05) is 6.92 Å². The van der Waals surface area contributed by atoms with Crippen LogP contribution in [0.2, 0.25) is 0 Å². The number of rotatable bonds is 3. The lowest BCUT2D eigenvalue weighted by atomic mass is 9.83. The third-order valence-electron chi connectivity index (χ3n) is 5.91. The fraction of sp³-hybridized carbons (Fsp3) is 0.632. The van der Waals surface area contributed by atoms with Crippen LogP contribution in [0.5, 0.6) is 0 Å². The van der Waals surface area contributed by atoms with E-state index < -0.39 is 0 Å². The monoisotopic (exact) mass is 328 g/mol. The van der Waals surface area contributed by atoms with Gasteiger partial charge in [-0.3, -0.25) is 9.80 Å². The van der Waals surface area contributed by atoms with E-state index in [1.807, 2.05) is 13.1 Å². The summed E-state index contributed by atoms with van der Waals surface area (Å²) in [6.45, 7) is 12.9. The van der Waals surface area contributed by atoms with Gasteiger partial charge >= 0.3 is 0 Å². The quantitative estimate of drug-likeness (QED) is 0.868. The molecule has 0 amide bonds. The molecule has 5 nitrogen and oxygen atoms in total. The van der Waals surface area contributed by atoms with Gasteiger partial charge in [-0.2, -0.15) is 0 Å². The second-order valence-electron chi connectivity index (χ2n) is 7.27. The minimum absolute atomic E-state index is 0.122. The molecule has 0 atom stereocenters. The van der Waals surface area contributed by atoms with Crippen molar-refractivity contribution in [2.45, 2.75) is 52.2 Å². The predicted molar refractivity (Wildman–Crippen MR) is 93.8 cm³/mol. The van der Waals surface area contributed by atoms with Crippen molar-refractivity contribution in [2.75, 3.05) is 26.2 Å². The van der Waals surface area contributed by atoms with Crippen molar-refractivity contribution >= 4 is 0 Å². The minimum Gasteiger partial charge on any atom is -0.465 e. The number of aromatic nitrogens is 2. The first kappa shape index (κ1) is 15.9. The van der Waals surface area contributed by atoms with Gasteiger partial charge in [0.25, 0.3) is 0 Å². The first-order valence-electron chi connectivity index (χ1n) is 9.18. The zero-order valence-electron chi connectivity index (χ0n) is 15.1. The van der Waals surface area contributed by atoms with Gasteiger partial charge in [-0.15, -0.1) is 0 Å². The van der Waals surface area contributed by atoms with E-state index in [9.17, 15) is 0 Å². The average Bonchev–Trinajstić information content (AvgIpc) is 3.17. The Morgan fingerprint density at radius 3 is 2.58 bits per heavy atom. The van der Waals surface area contributed by atoms with Crippen molar-refractivity contribution in [3.8, 4) is 0 Å². The van der Waals surface area contributed by atoms with Gasteiger partial charge in [0.05, 0.1) is 12.1 Å². The van der Waals surface area contributed by atoms with Gasteiger partial charge in [-0.05, 0) is 45.4 Å². The van der Waals surface area contributed by atoms with Crippen LogP contribution in [-0.2, 0) is 18.6 Å². The number of likely N-dealkylation sites (tertiary alicyclic amines) is 1. The van der Waals surface area contributed by atoms with Crippen molar-refractivity contribution in [1.29, 1.82) is 0 Å². The summed E-state index contributed by atoms with van der Waals surface area (Å²) in [4.78, 5) is 10.0. The molecule has 5 heteroatoms. The van der Waals surface area contributed by atoms with E-state index in [0.717, 1.165) is 63.6 Å². The van der Waals surface area contributed by atoms with Crippen LogP contribution in [0.4, 0.5) is 0 Å². The largest absolute Gasteiger partial charge is 0.465 e. The van der Waals surface area contributed by atoms with Crippen molar-refractivity contribution in [1.82, 2.24) is 19.4 Å². The van der Waals surface area contributed by atoms with Gasteiger partial charge in [-0.25, -0.2) is 4.98 Å². The first-order valence-corrected chi connectivity index (χ1v) is 9.18. The summed E-state index contributed by atoms with van der Waals surface area (Å²) in [5.74, 6) is 3.37. The highest BCUT2D eigenvalue weighted by molar-refractivity contribution is 5.18. The minimum atomic E-state index is 0.122. The van der Waals surface area contributed by atoms with E-state index in [1.54, 1.807) is 0 Å². The highest BCUT2D eigenvalue weighted by atomic mass is 16.3. The van der Waals surface area contributed by atoms with Crippen molar-refractivity contribution in [3.63, 3.8) is 0 Å². The first-order chi connectivity index (χ1) is 11.6. The van der Waals surface area contributed by atoms with Crippen LogP contribution in [0, 0.1) is 13.8 Å². The van der Waals surface area contributed by atoms with Crippen LogP contribution < -0.4 is 0 Å². The maximum atomic E-state index is 5.76. The Hall–Kier alpha value is -1.59. The van der Waals surface area contributed by atoms with Crippen LogP contribution >= 0.6 is 0 Å². The molecule has 2 aromatic heterocycles.